The second kappa shape index (κ2) is 7.68. The van der Waals surface area contributed by atoms with Gasteiger partial charge in [0.2, 0.25) is 0 Å². The monoisotopic (exact) mass is 329 g/mol. The maximum absolute atomic E-state index is 11.6. The highest BCUT2D eigenvalue weighted by Crippen LogP contribution is 2.11. The van der Waals surface area contributed by atoms with Crippen molar-refractivity contribution in [2.45, 2.75) is 13.5 Å². The first-order valence-corrected chi connectivity index (χ1v) is 6.99. The van der Waals surface area contributed by atoms with Crippen LogP contribution in [0.2, 0.25) is 0 Å². The molecule has 0 aliphatic heterocycles. The summed E-state index contributed by atoms with van der Waals surface area (Å²) in [5, 5.41) is 18.1. The smallest absolute Gasteiger partial charge is 0.358 e. The van der Waals surface area contributed by atoms with E-state index in [0.717, 1.165) is 12.1 Å². The zero-order valence-corrected chi connectivity index (χ0v) is 12.8. The lowest BCUT2D eigenvalue weighted by Crippen LogP contribution is -2.14. The summed E-state index contributed by atoms with van der Waals surface area (Å²) in [6.45, 7) is 2.68. The van der Waals surface area contributed by atoms with Gasteiger partial charge in [0.25, 0.3) is 5.69 Å². The van der Waals surface area contributed by atoms with Crippen LogP contribution in [-0.4, -0.2) is 26.5 Å². The van der Waals surface area contributed by atoms with Crippen molar-refractivity contribution < 1.29 is 14.6 Å². The van der Waals surface area contributed by atoms with Crippen LogP contribution in [-0.2, 0) is 16.2 Å². The molecule has 0 bridgehead atoms. The number of nitrogens with zero attached hydrogens (tertiary/aromatic N) is 4. The first-order chi connectivity index (χ1) is 11.5. The Hall–Kier alpha value is -3.49. The van der Waals surface area contributed by atoms with E-state index in [1.54, 1.807) is 23.2 Å². The normalized spacial score (nSPS) is 11.6. The summed E-state index contributed by atoms with van der Waals surface area (Å²) in [5.74, 6) is -0.769. The number of nitro benzene ring substituents is 1. The van der Waals surface area contributed by atoms with Crippen LogP contribution < -0.4 is 5.73 Å². The van der Waals surface area contributed by atoms with E-state index in [2.05, 4.69) is 15.1 Å². The number of amidine groups is 1. The van der Waals surface area contributed by atoms with E-state index in [-0.39, 0.29) is 11.5 Å². The fraction of sp³-hybridized carbons (Fsp3) is 0.133. The van der Waals surface area contributed by atoms with Gasteiger partial charge < -0.3 is 10.6 Å². The van der Waals surface area contributed by atoms with Crippen LogP contribution in [0.1, 0.15) is 18.1 Å². The fourth-order valence-corrected chi connectivity index (χ4v) is 1.73. The van der Waals surface area contributed by atoms with Gasteiger partial charge >= 0.3 is 5.97 Å². The summed E-state index contributed by atoms with van der Waals surface area (Å²) in [4.78, 5) is 26.3. The molecular weight excluding hydrogens is 314 g/mol. The molecular formula is C15H15N5O4. The van der Waals surface area contributed by atoms with Gasteiger partial charge in [0, 0.05) is 42.1 Å². The van der Waals surface area contributed by atoms with Crippen molar-refractivity contribution in [3.05, 3.63) is 64.0 Å². The summed E-state index contributed by atoms with van der Waals surface area (Å²) in [7, 11) is 0. The van der Waals surface area contributed by atoms with Crippen LogP contribution in [0.3, 0.4) is 0 Å². The third kappa shape index (κ3) is 4.50. The maximum atomic E-state index is 11.6. The summed E-state index contributed by atoms with van der Waals surface area (Å²) < 4.78 is 1.72. The Morgan fingerprint density at radius 2 is 2.17 bits per heavy atom. The summed E-state index contributed by atoms with van der Waals surface area (Å²) in [6.07, 6.45) is 6.13. The molecule has 0 atom stereocenters. The molecule has 0 unspecified atom stereocenters. The summed E-state index contributed by atoms with van der Waals surface area (Å²) >= 11 is 0. The topological polar surface area (TPSA) is 126 Å². The molecule has 9 nitrogen and oxygen atoms in total. The molecule has 0 aliphatic rings. The first-order valence-electron chi connectivity index (χ1n) is 6.99. The third-order valence-corrected chi connectivity index (χ3v) is 3.00. The molecule has 0 spiro atoms. The molecule has 0 aliphatic carbocycles. The second-order valence-electron chi connectivity index (χ2n) is 4.65. The van der Waals surface area contributed by atoms with Crippen molar-refractivity contribution in [3.8, 4) is 0 Å². The zero-order chi connectivity index (χ0) is 17.5. The minimum absolute atomic E-state index is 0.0644. The van der Waals surface area contributed by atoms with Crippen LogP contribution in [0.5, 0.6) is 0 Å². The Balaban J connectivity index is 1.95. The maximum Gasteiger partial charge on any atom is 0.358 e. The zero-order valence-electron chi connectivity index (χ0n) is 12.8. The second-order valence-corrected chi connectivity index (χ2v) is 4.65. The number of hydrogen-bond donors (Lipinski definition) is 1. The molecule has 1 heterocycles. The molecule has 2 N–H and O–H groups in total. The Morgan fingerprint density at radius 3 is 2.75 bits per heavy atom. The number of carbonyl (C=O) groups excluding carboxylic acids is 1. The van der Waals surface area contributed by atoms with Crippen molar-refractivity contribution >= 4 is 23.6 Å². The molecule has 124 valence electrons. The molecule has 9 heteroatoms. The molecule has 0 saturated heterocycles. The largest absolute Gasteiger partial charge is 0.380 e. The van der Waals surface area contributed by atoms with Crippen LogP contribution in [0.4, 0.5) is 5.69 Å². The van der Waals surface area contributed by atoms with Gasteiger partial charge in [-0.2, -0.15) is 5.10 Å². The highest BCUT2D eigenvalue weighted by atomic mass is 16.7. The number of nitro groups is 1. The SMILES string of the molecule is CCn1cc(/C=C/C(=O)O/N=C(\N)c2ccc([N+](=O)[O-])cc2)cn1. The minimum Gasteiger partial charge on any atom is -0.380 e. The molecule has 1 aromatic heterocycles. The third-order valence-electron chi connectivity index (χ3n) is 3.00. The molecule has 0 radical (unpaired) electrons. The van der Waals surface area contributed by atoms with Gasteiger partial charge in [-0.1, -0.05) is 5.16 Å². The van der Waals surface area contributed by atoms with Crippen molar-refractivity contribution in [1.29, 1.82) is 0 Å². The quantitative estimate of drug-likeness (QED) is 0.215. The van der Waals surface area contributed by atoms with E-state index in [9.17, 15) is 14.9 Å². The number of non-ortho nitro benzene ring substituents is 1. The van der Waals surface area contributed by atoms with E-state index in [0.29, 0.717) is 5.56 Å². The predicted octanol–water partition coefficient (Wildman–Crippen LogP) is 1.69. The first kappa shape index (κ1) is 16.9. The summed E-state index contributed by atoms with van der Waals surface area (Å²) in [6, 6.07) is 5.40. The van der Waals surface area contributed by atoms with Gasteiger partial charge in [0.1, 0.15) is 0 Å². The predicted molar refractivity (Wildman–Crippen MR) is 86.8 cm³/mol. The van der Waals surface area contributed by atoms with Gasteiger partial charge in [-0.3, -0.25) is 14.8 Å². The lowest BCUT2D eigenvalue weighted by atomic mass is 10.2. The van der Waals surface area contributed by atoms with Crippen molar-refractivity contribution in [2.24, 2.45) is 10.9 Å². The molecule has 0 fully saturated rings. The standard InChI is InChI=1S/C15H15N5O4/c1-2-19-10-11(9-17-19)3-8-14(21)24-18-15(16)12-4-6-13(7-5-12)20(22)23/h3-10H,2H2,1H3,(H2,16,18)/b8-3+. The number of nitrogens with two attached hydrogens (primary N) is 1. The van der Waals surface area contributed by atoms with Crippen molar-refractivity contribution in [2.75, 3.05) is 0 Å². The average molecular weight is 329 g/mol. The molecule has 2 rings (SSSR count). The van der Waals surface area contributed by atoms with Gasteiger partial charge in [0.05, 0.1) is 11.1 Å². The Labute approximate surface area is 137 Å². The number of hydrogen-bond acceptors (Lipinski definition) is 6. The van der Waals surface area contributed by atoms with Crippen LogP contribution in [0.25, 0.3) is 6.08 Å². The van der Waals surface area contributed by atoms with Crippen LogP contribution in [0.15, 0.2) is 47.9 Å². The molecule has 0 saturated carbocycles. The van der Waals surface area contributed by atoms with Crippen LogP contribution >= 0.6 is 0 Å². The van der Waals surface area contributed by atoms with Crippen LogP contribution in [0, 0.1) is 10.1 Å². The lowest BCUT2D eigenvalue weighted by molar-refractivity contribution is -0.384. The molecule has 2 aromatic rings. The molecule has 0 amide bonds. The van der Waals surface area contributed by atoms with E-state index < -0.39 is 10.9 Å². The van der Waals surface area contributed by atoms with Gasteiger partial charge in [0.15, 0.2) is 5.84 Å². The van der Waals surface area contributed by atoms with E-state index in [1.807, 2.05) is 6.92 Å². The van der Waals surface area contributed by atoms with Crippen molar-refractivity contribution in [1.82, 2.24) is 9.78 Å². The number of carbonyl (C=O) groups is 1. The molecule has 24 heavy (non-hydrogen) atoms. The van der Waals surface area contributed by atoms with Gasteiger partial charge in [-0.15, -0.1) is 0 Å². The Kier molecular flexibility index (Phi) is 5.40. The highest BCUT2D eigenvalue weighted by Gasteiger charge is 2.07. The number of rotatable bonds is 6. The molecule has 1 aromatic carbocycles. The van der Waals surface area contributed by atoms with E-state index in [4.69, 9.17) is 5.73 Å². The average Bonchev–Trinajstić information content (AvgIpc) is 3.06. The van der Waals surface area contributed by atoms with Crippen molar-refractivity contribution in [3.63, 3.8) is 0 Å². The number of aromatic nitrogens is 2. The number of aryl methyl sites for hydroxylation is 1. The van der Waals surface area contributed by atoms with Gasteiger partial charge in [-0.25, -0.2) is 4.79 Å². The number of benzene rings is 1. The highest BCUT2D eigenvalue weighted by molar-refractivity contribution is 5.98. The Bertz CT molecular complexity index is 792. The fourth-order valence-electron chi connectivity index (χ4n) is 1.73. The van der Waals surface area contributed by atoms with Gasteiger partial charge in [-0.05, 0) is 25.1 Å². The summed E-state index contributed by atoms with van der Waals surface area (Å²) in [5.41, 5.74) is 6.75. The lowest BCUT2D eigenvalue weighted by Gasteiger charge is -1.99. The number of oxime groups is 1. The Morgan fingerprint density at radius 1 is 1.46 bits per heavy atom. The van der Waals surface area contributed by atoms with E-state index in [1.165, 1.54) is 30.3 Å². The van der Waals surface area contributed by atoms with E-state index >= 15 is 0 Å². The minimum atomic E-state index is -0.705.